The number of ether oxygens (including phenoxy) is 3. The van der Waals surface area contributed by atoms with Gasteiger partial charge >= 0.3 is 0 Å². The summed E-state index contributed by atoms with van der Waals surface area (Å²) in [5.74, 6) is 1.57. The van der Waals surface area contributed by atoms with Gasteiger partial charge in [-0.1, -0.05) is 15.9 Å². The number of benzene rings is 1. The van der Waals surface area contributed by atoms with E-state index in [9.17, 15) is 0 Å². The lowest BCUT2D eigenvalue weighted by molar-refractivity contribution is 0.194. The standard InChI is InChI=1S/C16H26BrNO3/c1-5-20-15-9-13(11-18-7-6-8-19-4)14(17)10-16(15)21-12(2)3/h9-10,12,18H,5-8,11H2,1-4H3. The third-order valence-corrected chi connectivity index (χ3v) is 3.53. The van der Waals surface area contributed by atoms with Crippen LogP contribution < -0.4 is 14.8 Å². The van der Waals surface area contributed by atoms with Gasteiger partial charge in [-0.05, 0) is 51.4 Å². The lowest BCUT2D eigenvalue weighted by atomic mass is 10.2. The second-order valence-electron chi connectivity index (χ2n) is 5.01. The van der Waals surface area contributed by atoms with Gasteiger partial charge in [-0.15, -0.1) is 0 Å². The van der Waals surface area contributed by atoms with Crippen LogP contribution in [0.1, 0.15) is 32.8 Å². The molecule has 0 amide bonds. The molecular weight excluding hydrogens is 334 g/mol. The Morgan fingerprint density at radius 1 is 1.24 bits per heavy atom. The molecule has 5 heteroatoms. The Bertz CT molecular complexity index is 424. The Morgan fingerprint density at radius 3 is 2.62 bits per heavy atom. The van der Waals surface area contributed by atoms with E-state index in [1.807, 2.05) is 32.9 Å². The van der Waals surface area contributed by atoms with Gasteiger partial charge < -0.3 is 19.5 Å². The molecule has 1 N–H and O–H groups in total. The maximum atomic E-state index is 5.80. The van der Waals surface area contributed by atoms with Crippen molar-refractivity contribution < 1.29 is 14.2 Å². The largest absolute Gasteiger partial charge is 0.490 e. The first-order chi connectivity index (χ1) is 10.1. The van der Waals surface area contributed by atoms with E-state index < -0.39 is 0 Å². The van der Waals surface area contributed by atoms with E-state index in [0.717, 1.165) is 47.7 Å². The highest BCUT2D eigenvalue weighted by Crippen LogP contribution is 2.34. The summed E-state index contributed by atoms with van der Waals surface area (Å²) in [6.45, 7) is 9.10. The third-order valence-electron chi connectivity index (χ3n) is 2.79. The maximum absolute atomic E-state index is 5.80. The normalized spacial score (nSPS) is 11.0. The molecule has 1 aromatic rings. The Balaban J connectivity index is 2.73. The lowest BCUT2D eigenvalue weighted by Crippen LogP contribution is -2.16. The Morgan fingerprint density at radius 2 is 2.00 bits per heavy atom. The zero-order valence-electron chi connectivity index (χ0n) is 13.4. The molecule has 0 bridgehead atoms. The molecule has 1 aromatic carbocycles. The van der Waals surface area contributed by atoms with Gasteiger partial charge in [0.1, 0.15) is 0 Å². The second kappa shape index (κ2) is 10.0. The molecule has 21 heavy (non-hydrogen) atoms. The molecule has 0 aliphatic heterocycles. The van der Waals surface area contributed by atoms with Crippen molar-refractivity contribution in [2.45, 2.75) is 39.8 Å². The minimum atomic E-state index is 0.120. The smallest absolute Gasteiger partial charge is 0.162 e. The fraction of sp³-hybridized carbons (Fsp3) is 0.625. The number of nitrogens with one attached hydrogen (secondary N) is 1. The van der Waals surface area contributed by atoms with Gasteiger partial charge in [-0.2, -0.15) is 0 Å². The van der Waals surface area contributed by atoms with Crippen molar-refractivity contribution in [3.05, 3.63) is 22.2 Å². The van der Waals surface area contributed by atoms with E-state index >= 15 is 0 Å². The van der Waals surface area contributed by atoms with Crippen molar-refractivity contribution in [1.82, 2.24) is 5.32 Å². The molecule has 0 unspecified atom stereocenters. The molecule has 0 saturated carbocycles. The molecule has 0 aliphatic carbocycles. The van der Waals surface area contributed by atoms with E-state index in [4.69, 9.17) is 14.2 Å². The molecule has 0 aromatic heterocycles. The van der Waals surface area contributed by atoms with Crippen LogP contribution in [-0.2, 0) is 11.3 Å². The van der Waals surface area contributed by atoms with Gasteiger partial charge in [0.25, 0.3) is 0 Å². The fourth-order valence-corrected chi connectivity index (χ4v) is 2.35. The van der Waals surface area contributed by atoms with E-state index in [0.29, 0.717) is 6.61 Å². The van der Waals surface area contributed by atoms with Crippen LogP contribution in [0.5, 0.6) is 11.5 Å². The molecule has 0 saturated heterocycles. The topological polar surface area (TPSA) is 39.7 Å². The molecule has 0 fully saturated rings. The molecule has 0 heterocycles. The van der Waals surface area contributed by atoms with E-state index in [-0.39, 0.29) is 6.10 Å². The second-order valence-corrected chi connectivity index (χ2v) is 5.87. The van der Waals surface area contributed by atoms with Crippen molar-refractivity contribution in [2.75, 3.05) is 26.9 Å². The average Bonchev–Trinajstić information content (AvgIpc) is 2.42. The van der Waals surface area contributed by atoms with Gasteiger partial charge in [0.15, 0.2) is 11.5 Å². The van der Waals surface area contributed by atoms with Crippen molar-refractivity contribution >= 4 is 15.9 Å². The average molecular weight is 360 g/mol. The Hall–Kier alpha value is -0.780. The van der Waals surface area contributed by atoms with Gasteiger partial charge in [0, 0.05) is 24.7 Å². The van der Waals surface area contributed by atoms with Crippen LogP contribution in [0.2, 0.25) is 0 Å². The SMILES string of the molecule is CCOc1cc(CNCCCOC)c(Br)cc1OC(C)C. The summed E-state index contributed by atoms with van der Waals surface area (Å²) in [5, 5.41) is 3.40. The number of halogens is 1. The van der Waals surface area contributed by atoms with Gasteiger partial charge in [-0.3, -0.25) is 0 Å². The van der Waals surface area contributed by atoms with Crippen molar-refractivity contribution in [3.8, 4) is 11.5 Å². The lowest BCUT2D eigenvalue weighted by Gasteiger charge is -2.17. The number of hydrogen-bond acceptors (Lipinski definition) is 4. The molecule has 0 atom stereocenters. The van der Waals surface area contributed by atoms with Crippen molar-refractivity contribution in [2.24, 2.45) is 0 Å². The number of rotatable bonds is 10. The van der Waals surface area contributed by atoms with E-state index in [2.05, 4.69) is 21.2 Å². The first kappa shape index (κ1) is 18.3. The van der Waals surface area contributed by atoms with Crippen LogP contribution in [0.4, 0.5) is 0 Å². The molecule has 0 aliphatic rings. The van der Waals surface area contributed by atoms with Crippen molar-refractivity contribution in [3.63, 3.8) is 0 Å². The highest BCUT2D eigenvalue weighted by molar-refractivity contribution is 9.10. The molecular formula is C16H26BrNO3. The van der Waals surface area contributed by atoms with Crippen LogP contribution in [0.25, 0.3) is 0 Å². The molecule has 0 spiro atoms. The zero-order valence-corrected chi connectivity index (χ0v) is 15.0. The molecule has 1 rings (SSSR count). The van der Waals surface area contributed by atoms with Crippen LogP contribution in [0.3, 0.4) is 0 Å². The quantitative estimate of drug-likeness (QED) is 0.645. The van der Waals surface area contributed by atoms with Gasteiger partial charge in [0.05, 0.1) is 12.7 Å². The summed E-state index contributed by atoms with van der Waals surface area (Å²) in [5.41, 5.74) is 1.16. The predicted molar refractivity (Wildman–Crippen MR) is 89.3 cm³/mol. The first-order valence-electron chi connectivity index (χ1n) is 7.40. The fourth-order valence-electron chi connectivity index (χ4n) is 1.89. The molecule has 120 valence electrons. The summed E-state index contributed by atoms with van der Waals surface area (Å²) < 4.78 is 17.5. The monoisotopic (exact) mass is 359 g/mol. The number of hydrogen-bond donors (Lipinski definition) is 1. The molecule has 0 radical (unpaired) electrons. The van der Waals surface area contributed by atoms with E-state index in [1.165, 1.54) is 0 Å². The number of methoxy groups -OCH3 is 1. The van der Waals surface area contributed by atoms with Crippen molar-refractivity contribution in [1.29, 1.82) is 0 Å². The first-order valence-corrected chi connectivity index (χ1v) is 8.19. The summed E-state index contributed by atoms with van der Waals surface area (Å²) in [7, 11) is 1.72. The highest BCUT2D eigenvalue weighted by atomic mass is 79.9. The maximum Gasteiger partial charge on any atom is 0.162 e. The van der Waals surface area contributed by atoms with Gasteiger partial charge in [0.2, 0.25) is 0 Å². The van der Waals surface area contributed by atoms with Crippen LogP contribution in [0.15, 0.2) is 16.6 Å². The summed E-state index contributed by atoms with van der Waals surface area (Å²) >= 11 is 3.60. The third kappa shape index (κ3) is 6.68. The summed E-state index contributed by atoms with van der Waals surface area (Å²) in [6, 6.07) is 4.02. The van der Waals surface area contributed by atoms with Crippen LogP contribution in [-0.4, -0.2) is 33.0 Å². The predicted octanol–water partition coefficient (Wildman–Crippen LogP) is 3.76. The molecule has 4 nitrogen and oxygen atoms in total. The zero-order chi connectivity index (χ0) is 15.7. The minimum Gasteiger partial charge on any atom is -0.490 e. The highest BCUT2D eigenvalue weighted by Gasteiger charge is 2.12. The summed E-state index contributed by atoms with van der Waals surface area (Å²) in [6.07, 6.45) is 1.12. The Kier molecular flexibility index (Phi) is 8.73. The van der Waals surface area contributed by atoms with E-state index in [1.54, 1.807) is 7.11 Å². The summed E-state index contributed by atoms with van der Waals surface area (Å²) in [4.78, 5) is 0. The van der Waals surface area contributed by atoms with Gasteiger partial charge in [-0.25, -0.2) is 0 Å². The Labute approximate surface area is 136 Å². The minimum absolute atomic E-state index is 0.120. The van der Waals surface area contributed by atoms with Crippen LogP contribution in [0, 0.1) is 0 Å². The van der Waals surface area contributed by atoms with Crippen LogP contribution >= 0.6 is 15.9 Å².